The molecule has 0 fully saturated rings. The van der Waals surface area contributed by atoms with Crippen LogP contribution >= 0.6 is 7.81 Å². The summed E-state index contributed by atoms with van der Waals surface area (Å²) >= 11 is 0. The van der Waals surface area contributed by atoms with Crippen LogP contribution in [0.25, 0.3) is 0 Å². The Morgan fingerprint density at radius 3 is 1.40 bits per heavy atom. The average Bonchev–Trinajstić information content (AvgIpc) is 2.00. The Morgan fingerprint density at radius 2 is 1.20 bits per heavy atom. The van der Waals surface area contributed by atoms with Crippen LogP contribution in [0.4, 0.5) is 25.2 Å². The quantitative estimate of drug-likeness (QED) is 0.425. The first-order valence-electron chi connectivity index (χ1n) is 3.45. The van der Waals surface area contributed by atoms with Gasteiger partial charge < -0.3 is 0 Å². The van der Waals surface area contributed by atoms with Crippen molar-refractivity contribution in [3.8, 4) is 0 Å². The fraction of sp³-hybridized carbons (Fsp3) is 0.167. The first-order valence-corrected chi connectivity index (χ1v) is 5.48. The van der Waals surface area contributed by atoms with Crippen molar-refractivity contribution in [2.75, 3.05) is 7.11 Å². The molecule has 1 heterocycles. The van der Waals surface area contributed by atoms with E-state index in [2.05, 4.69) is 0 Å². The molecule has 0 aliphatic rings. The fourth-order valence-corrected chi connectivity index (χ4v) is 0.505. The summed E-state index contributed by atoms with van der Waals surface area (Å²) in [7, 11) is -9.03. The van der Waals surface area contributed by atoms with Crippen LogP contribution < -0.4 is 9.57 Å². The summed E-state index contributed by atoms with van der Waals surface area (Å²) in [5, 5.41) is 0. The van der Waals surface area contributed by atoms with Crippen LogP contribution in [0, 0.1) is 0 Å². The second-order valence-corrected chi connectivity index (χ2v) is 4.29. The molecule has 0 amide bonds. The van der Waals surface area contributed by atoms with Crippen molar-refractivity contribution in [2.24, 2.45) is 0 Å². The summed E-state index contributed by atoms with van der Waals surface area (Å²) in [6.45, 7) is 0. The van der Waals surface area contributed by atoms with Crippen molar-refractivity contribution >= 4 is 7.81 Å². The summed E-state index contributed by atoms with van der Waals surface area (Å²) in [4.78, 5) is 4.83. The van der Waals surface area contributed by atoms with Crippen LogP contribution in [-0.2, 0) is 0 Å². The van der Waals surface area contributed by atoms with Crippen molar-refractivity contribution in [1.82, 2.24) is 0 Å². The molecule has 9 heteroatoms. The zero-order chi connectivity index (χ0) is 12.2. The van der Waals surface area contributed by atoms with Crippen molar-refractivity contribution in [1.29, 1.82) is 0 Å². The Balaban J connectivity index is 0.000000265. The molecular formula is C6H8F6NOP. The number of pyridine rings is 1. The van der Waals surface area contributed by atoms with Gasteiger partial charge in [-0.2, -0.15) is 0 Å². The Morgan fingerprint density at radius 1 is 0.867 bits per heavy atom. The molecule has 15 heavy (non-hydrogen) atoms. The molecular weight excluding hydrogens is 247 g/mol. The van der Waals surface area contributed by atoms with E-state index >= 15 is 0 Å². The van der Waals surface area contributed by atoms with Gasteiger partial charge >= 0.3 is 33.0 Å². The maximum absolute atomic E-state index is 10.7. The van der Waals surface area contributed by atoms with Gasteiger partial charge in [-0.3, -0.25) is 4.84 Å². The van der Waals surface area contributed by atoms with Gasteiger partial charge in [-0.25, -0.2) is 0 Å². The molecule has 0 aromatic carbocycles. The number of aromatic nitrogens is 1. The second kappa shape index (κ2) is 3.52. The van der Waals surface area contributed by atoms with E-state index in [4.69, 9.17) is 4.84 Å². The van der Waals surface area contributed by atoms with Crippen molar-refractivity contribution in [2.45, 2.75) is 0 Å². The van der Waals surface area contributed by atoms with Gasteiger partial charge in [0, 0.05) is 16.9 Å². The molecule has 0 aliphatic heterocycles. The minimum atomic E-state index is -10.7. The van der Waals surface area contributed by atoms with Gasteiger partial charge in [0.25, 0.3) is 0 Å². The molecule has 0 unspecified atom stereocenters. The second-order valence-electron chi connectivity index (χ2n) is 2.38. The van der Waals surface area contributed by atoms with Crippen LogP contribution in [0.2, 0.25) is 0 Å². The third-order valence-corrected chi connectivity index (χ3v) is 0.899. The maximum atomic E-state index is 9.87. The van der Waals surface area contributed by atoms with E-state index in [1.54, 1.807) is 11.8 Å². The summed E-state index contributed by atoms with van der Waals surface area (Å²) in [6.07, 6.45) is 3.67. The van der Waals surface area contributed by atoms with Gasteiger partial charge in [0.15, 0.2) is 0 Å². The normalized spacial score (nSPS) is 15.4. The minimum absolute atomic E-state index is 1.62. The number of rotatable bonds is 1. The number of halogens is 6. The predicted octanol–water partition coefficient (Wildman–Crippen LogP) is 3.41. The zero-order valence-electron chi connectivity index (χ0n) is 7.46. The van der Waals surface area contributed by atoms with Crippen LogP contribution in [-0.4, -0.2) is 7.11 Å². The first-order chi connectivity index (χ1) is 6.38. The Bertz CT molecular complexity index is 296. The van der Waals surface area contributed by atoms with Crippen molar-refractivity contribution < 1.29 is 34.7 Å². The SMILES string of the molecule is CO[n+]1ccccc1.F[P-](F)(F)(F)(F)F. The van der Waals surface area contributed by atoms with Crippen LogP contribution in [0.3, 0.4) is 0 Å². The molecule has 1 aromatic rings. The Hall–Kier alpha value is -1.04. The average molecular weight is 255 g/mol. The number of nitrogens with zero attached hydrogens (tertiary/aromatic N) is 1. The van der Waals surface area contributed by atoms with Crippen molar-refractivity contribution in [3.63, 3.8) is 0 Å². The van der Waals surface area contributed by atoms with Crippen molar-refractivity contribution in [3.05, 3.63) is 30.6 Å². The third kappa shape index (κ3) is 19.4. The van der Waals surface area contributed by atoms with Crippen LogP contribution in [0.1, 0.15) is 0 Å². The molecule has 2 nitrogen and oxygen atoms in total. The summed E-state index contributed by atoms with van der Waals surface area (Å²) in [5.41, 5.74) is 0. The fourth-order valence-electron chi connectivity index (χ4n) is 0.505. The van der Waals surface area contributed by atoms with E-state index in [0.717, 1.165) is 0 Å². The molecule has 0 saturated carbocycles. The molecule has 0 spiro atoms. The Kier molecular flexibility index (Phi) is 3.27. The molecule has 0 atom stereocenters. The van der Waals surface area contributed by atoms with E-state index in [9.17, 15) is 25.2 Å². The molecule has 90 valence electrons. The monoisotopic (exact) mass is 255 g/mol. The topological polar surface area (TPSA) is 13.1 Å². The van der Waals surface area contributed by atoms with Crippen LogP contribution in [0.15, 0.2) is 30.6 Å². The van der Waals surface area contributed by atoms with E-state index < -0.39 is 7.81 Å². The molecule has 0 N–H and O–H groups in total. The molecule has 0 aliphatic carbocycles. The molecule has 0 saturated heterocycles. The standard InChI is InChI=1S/C6H8NO.F6P/c1-8-7-5-3-2-4-6-7;1-7(2,3,4,5)6/h2-6H,1H3;/q+1;-1. The first kappa shape index (κ1) is 14.0. The van der Waals surface area contributed by atoms with Gasteiger partial charge in [-0.05, 0) is 0 Å². The number of hydrogen-bond acceptors (Lipinski definition) is 1. The van der Waals surface area contributed by atoms with E-state index in [1.807, 2.05) is 30.6 Å². The molecule has 1 rings (SSSR count). The summed E-state index contributed by atoms with van der Waals surface area (Å²) in [6, 6.07) is 5.75. The van der Waals surface area contributed by atoms with Gasteiger partial charge in [0.1, 0.15) is 7.11 Å². The Labute approximate surface area is 81.3 Å². The summed E-state index contributed by atoms with van der Waals surface area (Å²) in [5.74, 6) is 0. The zero-order valence-corrected chi connectivity index (χ0v) is 8.35. The predicted molar refractivity (Wildman–Crippen MR) is 42.7 cm³/mol. The van der Waals surface area contributed by atoms with E-state index in [1.165, 1.54) is 0 Å². The third-order valence-electron chi connectivity index (χ3n) is 0.899. The summed E-state index contributed by atoms with van der Waals surface area (Å²) < 4.78 is 60.8. The molecule has 1 aromatic heterocycles. The molecule has 0 radical (unpaired) electrons. The van der Waals surface area contributed by atoms with Gasteiger partial charge in [0.2, 0.25) is 12.4 Å². The van der Waals surface area contributed by atoms with Gasteiger partial charge in [0.05, 0.1) is 0 Å². The van der Waals surface area contributed by atoms with Gasteiger partial charge in [-0.15, -0.1) is 0 Å². The van der Waals surface area contributed by atoms with Crippen LogP contribution in [0.5, 0.6) is 0 Å². The van der Waals surface area contributed by atoms with E-state index in [-0.39, 0.29) is 0 Å². The number of hydrogen-bond donors (Lipinski definition) is 0. The van der Waals surface area contributed by atoms with Gasteiger partial charge in [-0.1, -0.05) is 6.07 Å². The molecule has 0 bridgehead atoms. The van der Waals surface area contributed by atoms with E-state index in [0.29, 0.717) is 0 Å².